The van der Waals surface area contributed by atoms with Gasteiger partial charge in [0.05, 0.1) is 24.6 Å². The van der Waals surface area contributed by atoms with Crippen molar-refractivity contribution in [2.75, 3.05) is 17.7 Å². The highest BCUT2D eigenvalue weighted by Gasteiger charge is 2.18. The van der Waals surface area contributed by atoms with Crippen LogP contribution in [0.15, 0.2) is 65.3 Å². The molecular weight excluding hydrogens is 532 g/mol. The van der Waals surface area contributed by atoms with E-state index in [-0.39, 0.29) is 24.1 Å². The van der Waals surface area contributed by atoms with E-state index >= 15 is 0 Å². The topological polar surface area (TPSA) is 111 Å². The van der Waals surface area contributed by atoms with Crippen LogP contribution < -0.4 is 15.4 Å². The molecule has 0 aliphatic rings. The minimum absolute atomic E-state index is 0.108. The summed E-state index contributed by atoms with van der Waals surface area (Å²) < 4.78 is 7.43. The first kappa shape index (κ1) is 26.6. The average molecular weight is 557 g/mol. The van der Waals surface area contributed by atoms with Gasteiger partial charge < -0.3 is 15.4 Å². The van der Waals surface area contributed by atoms with E-state index in [4.69, 9.17) is 16.3 Å². The fraction of sp³-hybridized carbons (Fsp3) is 0.240. The fourth-order valence-electron chi connectivity index (χ4n) is 3.25. The fourth-order valence-corrected chi connectivity index (χ4v) is 4.75. The molecule has 37 heavy (non-hydrogen) atoms. The lowest BCUT2D eigenvalue weighted by atomic mass is 10.2. The van der Waals surface area contributed by atoms with Gasteiger partial charge in [-0.25, -0.2) is 4.98 Å². The molecule has 12 heteroatoms. The van der Waals surface area contributed by atoms with E-state index in [0.717, 1.165) is 24.3 Å². The van der Waals surface area contributed by atoms with Gasteiger partial charge in [0.1, 0.15) is 5.75 Å². The second kappa shape index (κ2) is 13.2. The number of rotatable bonds is 12. The standard InChI is InChI=1S/C25H25ClN6O3S2/c1-2-3-12-35-20-9-7-17(8-10-20)23(34)28-15-21-30-31-25(32(21)19-6-4-5-18(26)14-19)37-16-22(33)29-24-27-11-13-36-24/h4-11,13-14H,2-3,12,15-16H2,1H3,(H,28,34)(H,27,29,33). The van der Waals surface area contributed by atoms with E-state index in [1.165, 1.54) is 23.1 Å². The van der Waals surface area contributed by atoms with Crippen molar-refractivity contribution in [1.29, 1.82) is 0 Å². The van der Waals surface area contributed by atoms with Crippen molar-refractivity contribution in [2.24, 2.45) is 0 Å². The van der Waals surface area contributed by atoms with E-state index < -0.39 is 0 Å². The molecule has 2 amide bonds. The van der Waals surface area contributed by atoms with Gasteiger partial charge >= 0.3 is 0 Å². The number of hydrogen-bond acceptors (Lipinski definition) is 8. The zero-order valence-corrected chi connectivity index (χ0v) is 22.4. The largest absolute Gasteiger partial charge is 0.494 e. The number of anilines is 1. The van der Waals surface area contributed by atoms with Gasteiger partial charge in [0.25, 0.3) is 5.91 Å². The highest BCUT2D eigenvalue weighted by molar-refractivity contribution is 7.99. The van der Waals surface area contributed by atoms with Crippen molar-refractivity contribution in [1.82, 2.24) is 25.1 Å². The van der Waals surface area contributed by atoms with Gasteiger partial charge in [-0.05, 0) is 48.9 Å². The van der Waals surface area contributed by atoms with Crippen LogP contribution in [-0.4, -0.2) is 43.9 Å². The molecule has 4 rings (SSSR count). The molecule has 9 nitrogen and oxygen atoms in total. The Balaban J connectivity index is 1.44. The Morgan fingerprint density at radius 2 is 2.00 bits per heavy atom. The van der Waals surface area contributed by atoms with Crippen LogP contribution in [0.4, 0.5) is 5.13 Å². The van der Waals surface area contributed by atoms with E-state index in [0.29, 0.717) is 33.3 Å². The number of nitrogens with zero attached hydrogens (tertiary/aromatic N) is 4. The maximum Gasteiger partial charge on any atom is 0.251 e. The van der Waals surface area contributed by atoms with Crippen molar-refractivity contribution in [3.63, 3.8) is 0 Å². The minimum atomic E-state index is -0.252. The third kappa shape index (κ3) is 7.54. The molecule has 4 aromatic rings. The average Bonchev–Trinajstić information content (AvgIpc) is 3.56. The molecule has 0 spiro atoms. The van der Waals surface area contributed by atoms with Crippen LogP contribution in [0.3, 0.4) is 0 Å². The van der Waals surface area contributed by atoms with Crippen molar-refractivity contribution in [3.05, 3.63) is 76.5 Å². The van der Waals surface area contributed by atoms with Gasteiger partial charge in [-0.3, -0.25) is 14.2 Å². The number of carbonyl (C=O) groups is 2. The van der Waals surface area contributed by atoms with Gasteiger partial charge in [-0.15, -0.1) is 21.5 Å². The first-order chi connectivity index (χ1) is 18.0. The van der Waals surface area contributed by atoms with E-state index in [1.807, 2.05) is 12.1 Å². The maximum absolute atomic E-state index is 12.8. The zero-order valence-electron chi connectivity index (χ0n) is 20.0. The van der Waals surface area contributed by atoms with Crippen molar-refractivity contribution < 1.29 is 14.3 Å². The molecule has 2 aromatic heterocycles. The zero-order chi connectivity index (χ0) is 26.0. The van der Waals surface area contributed by atoms with Gasteiger partial charge in [0, 0.05) is 22.2 Å². The Labute approximate surface area is 227 Å². The number of thioether (sulfide) groups is 1. The monoisotopic (exact) mass is 556 g/mol. The lowest BCUT2D eigenvalue weighted by Gasteiger charge is -2.11. The lowest BCUT2D eigenvalue weighted by Crippen LogP contribution is -2.24. The number of halogens is 1. The van der Waals surface area contributed by atoms with Crippen LogP contribution in [0.25, 0.3) is 5.69 Å². The Kier molecular flexibility index (Phi) is 9.52. The van der Waals surface area contributed by atoms with E-state index in [2.05, 4.69) is 32.7 Å². The Bertz CT molecular complexity index is 1330. The summed E-state index contributed by atoms with van der Waals surface area (Å²) in [6.07, 6.45) is 3.66. The summed E-state index contributed by atoms with van der Waals surface area (Å²) in [6, 6.07) is 14.2. The first-order valence-corrected chi connectivity index (χ1v) is 13.8. The minimum Gasteiger partial charge on any atom is -0.494 e. The Morgan fingerprint density at radius 1 is 1.16 bits per heavy atom. The summed E-state index contributed by atoms with van der Waals surface area (Å²) >= 11 is 8.79. The van der Waals surface area contributed by atoms with Gasteiger partial charge in [-0.2, -0.15) is 0 Å². The molecule has 0 aliphatic heterocycles. The summed E-state index contributed by atoms with van der Waals surface area (Å²) in [6.45, 7) is 2.87. The summed E-state index contributed by atoms with van der Waals surface area (Å²) in [7, 11) is 0. The highest BCUT2D eigenvalue weighted by Crippen LogP contribution is 2.24. The third-order valence-electron chi connectivity index (χ3n) is 5.07. The first-order valence-electron chi connectivity index (χ1n) is 11.6. The molecular formula is C25H25ClN6O3S2. The quantitative estimate of drug-likeness (QED) is 0.182. The van der Waals surface area contributed by atoms with Crippen LogP contribution in [0.5, 0.6) is 5.75 Å². The predicted octanol–water partition coefficient (Wildman–Crippen LogP) is 5.22. The number of aromatic nitrogens is 4. The second-order valence-corrected chi connectivity index (χ2v) is 10.1. The van der Waals surface area contributed by atoms with Crippen LogP contribution in [0.1, 0.15) is 35.9 Å². The van der Waals surface area contributed by atoms with E-state index in [9.17, 15) is 9.59 Å². The lowest BCUT2D eigenvalue weighted by molar-refractivity contribution is -0.113. The number of carbonyl (C=O) groups excluding carboxylic acids is 2. The number of nitrogens with one attached hydrogen (secondary N) is 2. The molecule has 192 valence electrons. The normalized spacial score (nSPS) is 10.8. The van der Waals surface area contributed by atoms with Crippen LogP contribution in [0.2, 0.25) is 5.02 Å². The smallest absolute Gasteiger partial charge is 0.251 e. The number of ether oxygens (including phenoxy) is 1. The van der Waals surface area contributed by atoms with Gasteiger partial charge in [0.2, 0.25) is 5.91 Å². The predicted molar refractivity (Wildman–Crippen MR) is 146 cm³/mol. The summed E-state index contributed by atoms with van der Waals surface area (Å²) in [5.41, 5.74) is 1.23. The third-order valence-corrected chi connectivity index (χ3v) is 6.92. The van der Waals surface area contributed by atoms with E-state index in [1.54, 1.807) is 52.5 Å². The maximum atomic E-state index is 12.8. The molecule has 2 heterocycles. The Morgan fingerprint density at radius 3 is 2.73 bits per heavy atom. The molecule has 0 bridgehead atoms. The van der Waals surface area contributed by atoms with Gasteiger partial charge in [-0.1, -0.05) is 42.8 Å². The van der Waals surface area contributed by atoms with Crippen LogP contribution in [-0.2, 0) is 11.3 Å². The summed E-state index contributed by atoms with van der Waals surface area (Å²) in [5.74, 6) is 0.872. The number of benzene rings is 2. The molecule has 0 aliphatic carbocycles. The molecule has 2 aromatic carbocycles. The number of hydrogen-bond donors (Lipinski definition) is 2. The molecule has 0 saturated heterocycles. The molecule has 0 fully saturated rings. The second-order valence-electron chi connectivity index (χ2n) is 7.80. The summed E-state index contributed by atoms with van der Waals surface area (Å²) in [5, 5.41) is 17.5. The summed E-state index contributed by atoms with van der Waals surface area (Å²) in [4.78, 5) is 29.2. The SMILES string of the molecule is CCCCOc1ccc(C(=O)NCc2nnc(SCC(=O)Nc3nccs3)n2-c2cccc(Cl)c2)cc1. The number of amides is 2. The van der Waals surface area contributed by atoms with Crippen LogP contribution in [0, 0.1) is 0 Å². The van der Waals surface area contributed by atoms with Crippen molar-refractivity contribution in [2.45, 2.75) is 31.5 Å². The van der Waals surface area contributed by atoms with Crippen molar-refractivity contribution in [3.8, 4) is 11.4 Å². The molecule has 0 atom stereocenters. The Hall–Kier alpha value is -3.41. The molecule has 0 unspecified atom stereocenters. The molecule has 0 radical (unpaired) electrons. The number of thiazole rings is 1. The van der Waals surface area contributed by atoms with Gasteiger partial charge in [0.15, 0.2) is 16.1 Å². The molecule has 2 N–H and O–H groups in total. The number of unbranched alkanes of at least 4 members (excludes halogenated alkanes) is 1. The van der Waals surface area contributed by atoms with Crippen LogP contribution >= 0.6 is 34.7 Å². The molecule has 0 saturated carbocycles. The highest BCUT2D eigenvalue weighted by atomic mass is 35.5. The van der Waals surface area contributed by atoms with Crippen molar-refractivity contribution >= 4 is 51.6 Å².